The van der Waals surface area contributed by atoms with Gasteiger partial charge in [-0.2, -0.15) is 5.10 Å². The maximum Gasteiger partial charge on any atom is 0.228 e. The summed E-state index contributed by atoms with van der Waals surface area (Å²) >= 11 is 0. The molecule has 1 amide bonds. The molecule has 0 bridgehead atoms. The number of H-pyrrole nitrogens is 2. The molecular formula is C37H32FN7O2. The molecule has 7 aromatic rings. The number of nitrogens with zero attached hydrogens (tertiary/aromatic N) is 4. The number of nitrogens with one attached hydrogen (secondary N) is 3. The Kier molecular flexibility index (Phi) is 8.16. The Morgan fingerprint density at radius 1 is 0.894 bits per heavy atom. The number of rotatable bonds is 10. The number of benzene rings is 3. The predicted molar refractivity (Wildman–Crippen MR) is 183 cm³/mol. The number of aromatic amines is 2. The van der Waals surface area contributed by atoms with E-state index in [1.165, 1.54) is 12.1 Å². The minimum Gasteiger partial charge on any atom is -0.492 e. The van der Waals surface area contributed by atoms with Gasteiger partial charge in [-0.25, -0.2) is 4.39 Å². The zero-order valence-electron chi connectivity index (χ0n) is 25.9. The Bertz CT molecular complexity index is 2210. The van der Waals surface area contributed by atoms with E-state index in [2.05, 4.69) is 30.5 Å². The summed E-state index contributed by atoms with van der Waals surface area (Å²) in [6.45, 7) is 1.19. The molecule has 3 aromatic carbocycles. The molecule has 0 saturated carbocycles. The second kappa shape index (κ2) is 12.9. The number of anilines is 1. The van der Waals surface area contributed by atoms with Gasteiger partial charge < -0.3 is 19.9 Å². The van der Waals surface area contributed by atoms with Gasteiger partial charge in [-0.15, -0.1) is 0 Å². The fourth-order valence-corrected chi connectivity index (χ4v) is 5.60. The normalized spacial score (nSPS) is 11.4. The molecule has 0 atom stereocenters. The molecule has 0 fully saturated rings. The lowest BCUT2D eigenvalue weighted by atomic mass is 10.0. The smallest absolute Gasteiger partial charge is 0.228 e. The molecule has 0 aliphatic rings. The van der Waals surface area contributed by atoms with E-state index in [1.54, 1.807) is 18.6 Å². The number of hydrogen-bond donors (Lipinski definition) is 3. The molecule has 4 heterocycles. The number of ether oxygens (including phenoxy) is 1. The lowest BCUT2D eigenvalue weighted by Crippen LogP contribution is -2.19. The van der Waals surface area contributed by atoms with Gasteiger partial charge in [-0.05, 0) is 67.2 Å². The topological polar surface area (TPSA) is 112 Å². The fourth-order valence-electron chi connectivity index (χ4n) is 5.60. The molecule has 4 aromatic heterocycles. The van der Waals surface area contributed by atoms with Crippen molar-refractivity contribution in [2.75, 3.05) is 32.6 Å². The van der Waals surface area contributed by atoms with Crippen molar-refractivity contribution in [3.8, 4) is 39.5 Å². The highest BCUT2D eigenvalue weighted by Crippen LogP contribution is 2.36. The Morgan fingerprint density at radius 2 is 1.77 bits per heavy atom. The van der Waals surface area contributed by atoms with Crippen LogP contribution in [0.25, 0.3) is 55.6 Å². The first-order valence-corrected chi connectivity index (χ1v) is 15.2. The van der Waals surface area contributed by atoms with E-state index in [4.69, 9.17) is 4.74 Å². The van der Waals surface area contributed by atoms with Gasteiger partial charge in [0.2, 0.25) is 5.91 Å². The summed E-state index contributed by atoms with van der Waals surface area (Å²) in [5.74, 6) is 0.00481. The number of likely N-dealkylation sites (N-methyl/N-ethyl adjacent to an activating group) is 1. The fraction of sp³-hybridized carbons (Fsp3) is 0.135. The zero-order chi connectivity index (χ0) is 32.3. The Morgan fingerprint density at radius 3 is 2.62 bits per heavy atom. The number of halogens is 1. The van der Waals surface area contributed by atoms with E-state index in [0.717, 1.165) is 62.0 Å². The van der Waals surface area contributed by atoms with Crippen LogP contribution in [0.3, 0.4) is 0 Å². The molecule has 0 saturated heterocycles. The van der Waals surface area contributed by atoms with Crippen molar-refractivity contribution in [1.82, 2.24) is 30.0 Å². The largest absolute Gasteiger partial charge is 0.492 e. The molecule has 47 heavy (non-hydrogen) atoms. The monoisotopic (exact) mass is 625 g/mol. The highest BCUT2D eigenvalue weighted by molar-refractivity contribution is 6.01. The maximum atomic E-state index is 14.7. The van der Waals surface area contributed by atoms with E-state index in [-0.39, 0.29) is 18.1 Å². The van der Waals surface area contributed by atoms with Gasteiger partial charge in [0.05, 0.1) is 41.4 Å². The lowest BCUT2D eigenvalue weighted by Gasteiger charge is -2.12. The second-order valence-corrected chi connectivity index (χ2v) is 11.6. The quantitative estimate of drug-likeness (QED) is 0.150. The molecular weight excluding hydrogens is 593 g/mol. The van der Waals surface area contributed by atoms with Crippen LogP contribution in [-0.4, -0.2) is 63.2 Å². The van der Waals surface area contributed by atoms with Crippen LogP contribution in [0.15, 0.2) is 104 Å². The summed E-state index contributed by atoms with van der Waals surface area (Å²) in [4.78, 5) is 27.2. The third-order valence-corrected chi connectivity index (χ3v) is 7.88. The van der Waals surface area contributed by atoms with Gasteiger partial charge in [-0.1, -0.05) is 42.5 Å². The second-order valence-electron chi connectivity index (χ2n) is 11.6. The number of amides is 1. The van der Waals surface area contributed by atoms with E-state index in [0.29, 0.717) is 23.7 Å². The minimum absolute atomic E-state index is 0.125. The molecule has 0 unspecified atom stereocenters. The van der Waals surface area contributed by atoms with Crippen molar-refractivity contribution in [2.45, 2.75) is 6.42 Å². The summed E-state index contributed by atoms with van der Waals surface area (Å²) in [5.41, 5.74) is 7.75. The average Bonchev–Trinajstić information content (AvgIpc) is 3.69. The van der Waals surface area contributed by atoms with Crippen LogP contribution in [0.1, 0.15) is 5.56 Å². The predicted octanol–water partition coefficient (Wildman–Crippen LogP) is 7.10. The average molecular weight is 626 g/mol. The molecule has 0 aliphatic carbocycles. The van der Waals surface area contributed by atoms with Crippen molar-refractivity contribution in [2.24, 2.45) is 0 Å². The standard InChI is InChI=1S/C37H32FN7O2/c1-45(2)11-12-47-28-16-24(14-26(38)17-28)29-9-6-10-32-30(29)18-34(42-32)37-31-19-33(40-22-35(31)43-44-37)25-15-27(21-39-20-25)41-36(46)13-23-7-4-3-5-8-23/h3-10,14-22,42H,11-13H2,1-2H3,(H,41,46)(H,43,44). The molecule has 0 radical (unpaired) electrons. The molecule has 3 N–H and O–H groups in total. The van der Waals surface area contributed by atoms with Crippen LogP contribution in [0.2, 0.25) is 0 Å². The number of carbonyl (C=O) groups excluding carboxylic acids is 1. The van der Waals surface area contributed by atoms with E-state index >= 15 is 0 Å². The first-order valence-electron chi connectivity index (χ1n) is 15.2. The number of pyridine rings is 2. The van der Waals surface area contributed by atoms with E-state index in [1.807, 2.05) is 91.8 Å². The SMILES string of the molecule is CN(C)CCOc1cc(F)cc(-c2cccc3[nH]c(-c4n[nH]c5cnc(-c6cncc(NC(=O)Cc7ccccc7)c6)cc45)cc23)c1. The summed E-state index contributed by atoms with van der Waals surface area (Å²) < 4.78 is 20.6. The maximum absolute atomic E-state index is 14.7. The molecule has 9 nitrogen and oxygen atoms in total. The van der Waals surface area contributed by atoms with Crippen molar-refractivity contribution < 1.29 is 13.9 Å². The molecule has 0 spiro atoms. The van der Waals surface area contributed by atoms with Gasteiger partial charge in [0.25, 0.3) is 0 Å². The Balaban J connectivity index is 1.18. The highest BCUT2D eigenvalue weighted by atomic mass is 19.1. The zero-order valence-corrected chi connectivity index (χ0v) is 25.9. The molecule has 234 valence electrons. The molecule has 10 heteroatoms. The minimum atomic E-state index is -0.359. The first-order chi connectivity index (χ1) is 22.9. The van der Waals surface area contributed by atoms with Crippen LogP contribution in [0.5, 0.6) is 5.75 Å². The van der Waals surface area contributed by atoms with Crippen LogP contribution < -0.4 is 10.1 Å². The summed E-state index contributed by atoms with van der Waals surface area (Å²) in [6, 6.07) is 26.1. The third-order valence-electron chi connectivity index (χ3n) is 7.88. The van der Waals surface area contributed by atoms with E-state index in [9.17, 15) is 9.18 Å². The highest BCUT2D eigenvalue weighted by Gasteiger charge is 2.16. The number of hydrogen-bond acceptors (Lipinski definition) is 6. The molecule has 0 aliphatic heterocycles. The van der Waals surface area contributed by atoms with Crippen LogP contribution in [0.4, 0.5) is 10.1 Å². The van der Waals surface area contributed by atoms with Gasteiger partial charge >= 0.3 is 0 Å². The van der Waals surface area contributed by atoms with E-state index < -0.39 is 0 Å². The van der Waals surface area contributed by atoms with Crippen LogP contribution in [-0.2, 0) is 11.2 Å². The van der Waals surface area contributed by atoms with Gasteiger partial charge in [0.1, 0.15) is 23.9 Å². The van der Waals surface area contributed by atoms with Gasteiger partial charge in [-0.3, -0.25) is 19.9 Å². The molecule has 7 rings (SSSR count). The van der Waals surface area contributed by atoms with Crippen molar-refractivity contribution in [3.05, 3.63) is 115 Å². The van der Waals surface area contributed by atoms with Gasteiger partial charge in [0.15, 0.2) is 0 Å². The number of fused-ring (bicyclic) bond motifs is 2. The Labute approximate surface area is 270 Å². The van der Waals surface area contributed by atoms with Gasteiger partial charge in [0, 0.05) is 40.7 Å². The Hall–Kier alpha value is -5.87. The third kappa shape index (κ3) is 6.58. The summed E-state index contributed by atoms with van der Waals surface area (Å²) in [5, 5.41) is 12.4. The van der Waals surface area contributed by atoms with Crippen molar-refractivity contribution >= 4 is 33.4 Å². The van der Waals surface area contributed by atoms with Crippen LogP contribution in [0, 0.1) is 5.82 Å². The van der Waals surface area contributed by atoms with Crippen molar-refractivity contribution in [3.63, 3.8) is 0 Å². The summed E-state index contributed by atoms with van der Waals surface area (Å²) in [7, 11) is 3.93. The summed E-state index contributed by atoms with van der Waals surface area (Å²) in [6.07, 6.45) is 5.34. The first kappa shape index (κ1) is 29.8. The number of carbonyl (C=O) groups is 1. The van der Waals surface area contributed by atoms with Crippen LogP contribution >= 0.6 is 0 Å². The lowest BCUT2D eigenvalue weighted by molar-refractivity contribution is -0.115. The van der Waals surface area contributed by atoms with Crippen molar-refractivity contribution in [1.29, 1.82) is 0 Å². The number of aromatic nitrogens is 5.